The van der Waals surface area contributed by atoms with Crippen LogP contribution < -0.4 is 16.2 Å². The predicted octanol–water partition coefficient (Wildman–Crippen LogP) is 1.85. The molecule has 0 fully saturated rings. The van der Waals surface area contributed by atoms with Crippen LogP contribution in [0.15, 0.2) is 24.3 Å². The zero-order valence-electron chi connectivity index (χ0n) is 14.0. The van der Waals surface area contributed by atoms with Gasteiger partial charge in [0.1, 0.15) is 0 Å². The lowest BCUT2D eigenvalue weighted by Gasteiger charge is -2.13. The highest BCUT2D eigenvalue weighted by atomic mass is 32.2. The molecule has 7 nitrogen and oxygen atoms in total. The van der Waals surface area contributed by atoms with Gasteiger partial charge in [-0.1, -0.05) is 50.7 Å². The molecule has 8 heteroatoms. The summed E-state index contributed by atoms with van der Waals surface area (Å²) in [4.78, 5) is 34.9. The SMILES string of the molecule is CC(C)c1ccccc1NC(=O)CSC(=O)NNC(=O)[C@H](C)CO. The van der Waals surface area contributed by atoms with Crippen molar-refractivity contribution in [1.29, 1.82) is 0 Å². The zero-order valence-corrected chi connectivity index (χ0v) is 14.8. The van der Waals surface area contributed by atoms with E-state index in [-0.39, 0.29) is 24.2 Å². The molecule has 24 heavy (non-hydrogen) atoms. The van der Waals surface area contributed by atoms with Crippen LogP contribution in [0.1, 0.15) is 32.3 Å². The van der Waals surface area contributed by atoms with Crippen LogP contribution in [0, 0.1) is 5.92 Å². The maximum Gasteiger partial charge on any atom is 0.298 e. The van der Waals surface area contributed by atoms with Crippen LogP contribution in [-0.4, -0.2) is 34.5 Å². The number of hydrogen-bond donors (Lipinski definition) is 4. The molecule has 0 saturated heterocycles. The van der Waals surface area contributed by atoms with Gasteiger partial charge >= 0.3 is 0 Å². The van der Waals surface area contributed by atoms with Crippen molar-refractivity contribution in [2.24, 2.45) is 5.92 Å². The molecule has 0 saturated carbocycles. The van der Waals surface area contributed by atoms with Crippen molar-refractivity contribution < 1.29 is 19.5 Å². The molecule has 1 aromatic carbocycles. The molecule has 0 heterocycles. The Morgan fingerprint density at radius 3 is 2.42 bits per heavy atom. The molecule has 0 aliphatic rings. The first kappa shape index (κ1) is 20.0. The average molecular weight is 353 g/mol. The highest BCUT2D eigenvalue weighted by Crippen LogP contribution is 2.23. The van der Waals surface area contributed by atoms with E-state index in [2.05, 4.69) is 16.2 Å². The number of rotatable bonds is 6. The summed E-state index contributed by atoms with van der Waals surface area (Å²) in [7, 11) is 0. The van der Waals surface area contributed by atoms with Crippen LogP contribution >= 0.6 is 11.8 Å². The molecule has 1 aromatic rings. The Balaban J connectivity index is 2.41. The third-order valence-electron chi connectivity index (χ3n) is 3.20. The number of aliphatic hydroxyl groups is 1. The fraction of sp³-hybridized carbons (Fsp3) is 0.438. The number of hydrogen-bond acceptors (Lipinski definition) is 5. The molecule has 1 rings (SSSR count). The third-order valence-corrected chi connectivity index (χ3v) is 3.97. The molecular formula is C16H23N3O4S. The minimum absolute atomic E-state index is 0.0797. The predicted molar refractivity (Wildman–Crippen MR) is 94.5 cm³/mol. The Kier molecular flexibility index (Phi) is 8.28. The van der Waals surface area contributed by atoms with E-state index in [0.717, 1.165) is 23.0 Å². The van der Waals surface area contributed by atoms with E-state index in [4.69, 9.17) is 5.11 Å². The topological polar surface area (TPSA) is 108 Å². The molecule has 0 aromatic heterocycles. The molecule has 132 valence electrons. The summed E-state index contributed by atoms with van der Waals surface area (Å²) >= 11 is 0.740. The Morgan fingerprint density at radius 1 is 1.12 bits per heavy atom. The maximum atomic E-state index is 12.0. The van der Waals surface area contributed by atoms with E-state index in [1.54, 1.807) is 0 Å². The Labute approximate surface area is 145 Å². The lowest BCUT2D eigenvalue weighted by molar-refractivity contribution is -0.126. The molecule has 0 radical (unpaired) electrons. The highest BCUT2D eigenvalue weighted by molar-refractivity contribution is 8.14. The van der Waals surface area contributed by atoms with Crippen LogP contribution in [0.2, 0.25) is 0 Å². The van der Waals surface area contributed by atoms with Crippen molar-refractivity contribution in [3.05, 3.63) is 29.8 Å². The number of nitrogens with one attached hydrogen (secondary N) is 3. The molecule has 0 aliphatic heterocycles. The minimum Gasteiger partial charge on any atom is -0.396 e. The molecule has 0 bridgehead atoms. The van der Waals surface area contributed by atoms with E-state index in [1.165, 1.54) is 6.92 Å². The lowest BCUT2D eigenvalue weighted by atomic mass is 10.0. The smallest absolute Gasteiger partial charge is 0.298 e. The standard InChI is InChI=1S/C16H23N3O4S/c1-10(2)12-6-4-5-7-13(12)17-14(21)9-24-16(23)19-18-15(22)11(3)8-20/h4-7,10-11,20H,8-9H2,1-3H3,(H,17,21)(H,18,22)(H,19,23)/t11-/m1/s1. The summed E-state index contributed by atoms with van der Waals surface area (Å²) in [5.74, 6) is -1.24. The number of carbonyl (C=O) groups excluding carboxylic acids is 3. The lowest BCUT2D eigenvalue weighted by Crippen LogP contribution is -2.43. The molecule has 4 N–H and O–H groups in total. The molecule has 0 aliphatic carbocycles. The Hall–Kier alpha value is -2.06. The minimum atomic E-state index is -0.619. The number of thioether (sulfide) groups is 1. The van der Waals surface area contributed by atoms with Crippen molar-refractivity contribution in [3.8, 4) is 0 Å². The second kappa shape index (κ2) is 9.94. The maximum absolute atomic E-state index is 12.0. The Bertz CT molecular complexity index is 592. The van der Waals surface area contributed by atoms with Crippen LogP contribution in [0.3, 0.4) is 0 Å². The number of hydrazine groups is 1. The van der Waals surface area contributed by atoms with E-state index < -0.39 is 17.1 Å². The second-order valence-electron chi connectivity index (χ2n) is 5.56. The fourth-order valence-electron chi connectivity index (χ4n) is 1.79. The molecule has 0 unspecified atom stereocenters. The first-order chi connectivity index (χ1) is 11.3. The van der Waals surface area contributed by atoms with Crippen molar-refractivity contribution in [2.45, 2.75) is 26.7 Å². The first-order valence-electron chi connectivity index (χ1n) is 7.57. The largest absolute Gasteiger partial charge is 0.396 e. The summed E-state index contributed by atoms with van der Waals surface area (Å²) < 4.78 is 0. The van der Waals surface area contributed by atoms with Gasteiger partial charge in [-0.25, -0.2) is 0 Å². The van der Waals surface area contributed by atoms with E-state index in [0.29, 0.717) is 0 Å². The van der Waals surface area contributed by atoms with Gasteiger partial charge in [-0.15, -0.1) is 0 Å². The van der Waals surface area contributed by atoms with Gasteiger partial charge in [0, 0.05) is 5.69 Å². The quantitative estimate of drug-likeness (QED) is 0.584. The van der Waals surface area contributed by atoms with E-state index >= 15 is 0 Å². The highest BCUT2D eigenvalue weighted by Gasteiger charge is 2.14. The molecule has 0 spiro atoms. The van der Waals surface area contributed by atoms with Crippen LogP contribution in [0.4, 0.5) is 10.5 Å². The first-order valence-corrected chi connectivity index (χ1v) is 8.56. The summed E-state index contributed by atoms with van der Waals surface area (Å²) in [5, 5.41) is 11.0. The summed E-state index contributed by atoms with van der Waals surface area (Å²) in [6.07, 6.45) is 0. The number of anilines is 1. The average Bonchev–Trinajstić information content (AvgIpc) is 2.57. The van der Waals surface area contributed by atoms with Crippen molar-refractivity contribution in [1.82, 2.24) is 10.9 Å². The monoisotopic (exact) mass is 353 g/mol. The summed E-state index contributed by atoms with van der Waals surface area (Å²) in [6, 6.07) is 7.49. The van der Waals surface area contributed by atoms with Gasteiger partial charge in [0.2, 0.25) is 11.8 Å². The second-order valence-corrected chi connectivity index (χ2v) is 6.51. The van der Waals surface area contributed by atoms with Crippen molar-refractivity contribution in [2.75, 3.05) is 17.7 Å². The van der Waals surface area contributed by atoms with E-state index in [1.807, 2.05) is 38.1 Å². The van der Waals surface area contributed by atoms with Gasteiger partial charge in [0.15, 0.2) is 0 Å². The normalized spacial score (nSPS) is 11.7. The number of amides is 3. The third kappa shape index (κ3) is 6.59. The Morgan fingerprint density at radius 2 is 1.79 bits per heavy atom. The summed E-state index contributed by atoms with van der Waals surface area (Å²) in [6.45, 7) is 5.27. The van der Waals surface area contributed by atoms with E-state index in [9.17, 15) is 14.4 Å². The van der Waals surface area contributed by atoms with Crippen molar-refractivity contribution in [3.63, 3.8) is 0 Å². The van der Waals surface area contributed by atoms with Gasteiger partial charge < -0.3 is 10.4 Å². The zero-order chi connectivity index (χ0) is 18.1. The van der Waals surface area contributed by atoms with Crippen LogP contribution in [0.5, 0.6) is 0 Å². The van der Waals surface area contributed by atoms with Crippen LogP contribution in [0.25, 0.3) is 0 Å². The number of aliphatic hydroxyl groups excluding tert-OH is 1. The molecular weight excluding hydrogens is 330 g/mol. The van der Waals surface area contributed by atoms with Crippen LogP contribution in [-0.2, 0) is 9.59 Å². The van der Waals surface area contributed by atoms with Gasteiger partial charge in [-0.2, -0.15) is 0 Å². The van der Waals surface area contributed by atoms with Gasteiger partial charge in [0.05, 0.1) is 18.3 Å². The van der Waals surface area contributed by atoms with Crippen molar-refractivity contribution >= 4 is 34.5 Å². The molecule has 3 amide bonds. The molecule has 1 atom stereocenters. The summed E-state index contributed by atoms with van der Waals surface area (Å²) in [5.41, 5.74) is 6.10. The number of carbonyl (C=O) groups is 3. The number of para-hydroxylation sites is 1. The fourth-order valence-corrected chi connectivity index (χ4v) is 2.24. The number of benzene rings is 1. The van der Waals surface area contributed by atoms with Gasteiger partial charge in [-0.3, -0.25) is 25.2 Å². The van der Waals surface area contributed by atoms with Gasteiger partial charge in [0.25, 0.3) is 5.24 Å². The van der Waals surface area contributed by atoms with Gasteiger partial charge in [-0.05, 0) is 17.5 Å².